The van der Waals surface area contributed by atoms with Crippen LogP contribution in [0.3, 0.4) is 0 Å². The normalized spacial score (nSPS) is 13.0. The van der Waals surface area contributed by atoms with Gasteiger partial charge in [0.05, 0.1) is 35.4 Å². The maximum Gasteiger partial charge on any atom is 0.573 e. The molecule has 190 valence electrons. The summed E-state index contributed by atoms with van der Waals surface area (Å²) in [6, 6.07) is 13.9. The first-order valence-corrected chi connectivity index (χ1v) is 10.7. The Morgan fingerprint density at radius 2 is 1.50 bits per heavy atom. The van der Waals surface area contributed by atoms with Gasteiger partial charge in [0.1, 0.15) is 5.75 Å². The molecule has 0 fully saturated rings. The summed E-state index contributed by atoms with van der Waals surface area (Å²) in [4.78, 5) is 4.55. The van der Waals surface area contributed by atoms with Crippen LogP contribution in [-0.2, 0) is 26.4 Å². The molecule has 0 bridgehead atoms. The molecule has 0 amide bonds. The highest BCUT2D eigenvalue weighted by atomic mass is 19.4. The van der Waals surface area contributed by atoms with Crippen molar-refractivity contribution in [1.29, 1.82) is 0 Å². The lowest BCUT2D eigenvalue weighted by Crippen LogP contribution is -2.24. The number of ether oxygens (including phenoxy) is 1. The van der Waals surface area contributed by atoms with Crippen molar-refractivity contribution < 1.29 is 36.2 Å². The third-order valence-corrected chi connectivity index (χ3v) is 5.62. The minimum Gasteiger partial charge on any atom is -0.406 e. The highest BCUT2D eigenvalue weighted by Gasteiger charge is 2.32. The van der Waals surface area contributed by atoms with Gasteiger partial charge in [-0.15, -0.1) is 13.2 Å². The first-order valence-electron chi connectivity index (χ1n) is 10.7. The first kappa shape index (κ1) is 25.4. The Balaban J connectivity index is 1.91. The quantitative estimate of drug-likeness (QED) is 0.337. The van der Waals surface area contributed by atoms with E-state index < -0.39 is 23.9 Å². The van der Waals surface area contributed by atoms with Gasteiger partial charge in [-0.1, -0.05) is 24.3 Å². The van der Waals surface area contributed by atoms with Crippen LogP contribution in [0, 0.1) is 6.92 Å². The molecule has 4 aromatic rings. The number of aliphatic hydroxyl groups excluding tert-OH is 1. The minimum atomic E-state index is -4.84. The summed E-state index contributed by atoms with van der Waals surface area (Å²) in [7, 11) is 1.66. The van der Waals surface area contributed by atoms with Crippen LogP contribution in [0.5, 0.6) is 5.75 Å². The van der Waals surface area contributed by atoms with Crippen LogP contribution in [0.4, 0.5) is 32.0 Å². The van der Waals surface area contributed by atoms with Gasteiger partial charge < -0.3 is 19.0 Å². The Morgan fingerprint density at radius 3 is 2.06 bits per heavy atom. The van der Waals surface area contributed by atoms with Crippen LogP contribution >= 0.6 is 0 Å². The molecule has 1 N–H and O–H groups in total. The molecule has 0 aliphatic heterocycles. The molecule has 36 heavy (non-hydrogen) atoms. The van der Waals surface area contributed by atoms with Gasteiger partial charge >= 0.3 is 12.5 Å². The Bertz CT molecular complexity index is 1450. The second-order valence-electron chi connectivity index (χ2n) is 8.23. The second-order valence-corrected chi connectivity index (χ2v) is 8.23. The molecule has 0 atom stereocenters. The molecule has 3 aromatic carbocycles. The van der Waals surface area contributed by atoms with Crippen LogP contribution in [0.2, 0.25) is 0 Å². The maximum atomic E-state index is 13.6. The number of fused-ring (bicyclic) bond motifs is 1. The lowest BCUT2D eigenvalue weighted by Gasteiger charge is -2.11. The Labute approximate surface area is 201 Å². The predicted octanol–water partition coefficient (Wildman–Crippen LogP) is 5.98. The molecule has 0 spiro atoms. The molecule has 11 heteroatoms. The highest BCUT2D eigenvalue weighted by molar-refractivity contribution is 5.81. The van der Waals surface area contributed by atoms with E-state index in [0.717, 1.165) is 29.8 Å². The lowest BCUT2D eigenvalue weighted by atomic mass is 10.1. The zero-order valence-electron chi connectivity index (χ0n) is 19.2. The van der Waals surface area contributed by atoms with E-state index >= 15 is 0 Å². The summed E-state index contributed by atoms with van der Waals surface area (Å²) in [5.41, 5.74) is 2.44. The summed E-state index contributed by atoms with van der Waals surface area (Å²) in [5, 5.41) is 9.29. The molecule has 1 heterocycles. The first-order chi connectivity index (χ1) is 16.9. The van der Waals surface area contributed by atoms with E-state index in [1.807, 2.05) is 0 Å². The van der Waals surface area contributed by atoms with E-state index in [1.165, 1.54) is 12.1 Å². The van der Waals surface area contributed by atoms with Crippen LogP contribution in [0.25, 0.3) is 11.0 Å². The average Bonchev–Trinajstić information content (AvgIpc) is 3.05. The van der Waals surface area contributed by atoms with Gasteiger partial charge in [0, 0.05) is 7.05 Å². The van der Waals surface area contributed by atoms with Crippen molar-refractivity contribution in [2.75, 3.05) is 0 Å². The van der Waals surface area contributed by atoms with E-state index in [9.17, 15) is 31.4 Å². The average molecular weight is 509 g/mol. The minimum absolute atomic E-state index is 0.148. The fraction of sp³-hybridized carbons (Fsp3) is 0.240. The number of hydrogen-bond acceptors (Lipinski definition) is 3. The molecule has 5 nitrogen and oxygen atoms in total. The number of alkyl halides is 6. The summed E-state index contributed by atoms with van der Waals surface area (Å²) in [6.45, 7) is 1.59. The standard InChI is InChI=1S/C25H21F6N3O2/c1-15-11-18(24(26,27)28)12-21-22(15)33(2)23(34(21)13-16-3-5-17(14-35)6-4-16)32-19-7-9-20(10-8-19)36-25(29,30)31/h3-12,35H,13-14H2,1-2H3. The number of rotatable bonds is 5. The number of hydrogen-bond donors (Lipinski definition) is 1. The largest absolute Gasteiger partial charge is 0.573 e. The number of nitrogens with zero attached hydrogens (tertiary/aromatic N) is 3. The zero-order valence-corrected chi connectivity index (χ0v) is 19.2. The van der Waals surface area contributed by atoms with Gasteiger partial charge in [0.25, 0.3) is 0 Å². The van der Waals surface area contributed by atoms with Gasteiger partial charge in [-0.2, -0.15) is 13.2 Å². The highest BCUT2D eigenvalue weighted by Crippen LogP contribution is 2.33. The number of imidazole rings is 1. The third kappa shape index (κ3) is 5.40. The van der Waals surface area contributed by atoms with E-state index in [1.54, 1.807) is 47.4 Å². The molecule has 0 aliphatic carbocycles. The lowest BCUT2D eigenvalue weighted by molar-refractivity contribution is -0.274. The van der Waals surface area contributed by atoms with E-state index in [4.69, 9.17) is 0 Å². The van der Waals surface area contributed by atoms with Crippen molar-refractivity contribution in [3.8, 4) is 5.75 Å². The van der Waals surface area contributed by atoms with Gasteiger partial charge in [0.15, 0.2) is 0 Å². The fourth-order valence-electron chi connectivity index (χ4n) is 4.02. The summed E-state index contributed by atoms with van der Waals surface area (Å²) in [6.07, 6.45) is -9.39. The van der Waals surface area contributed by atoms with Crippen LogP contribution in [-0.4, -0.2) is 20.6 Å². The van der Waals surface area contributed by atoms with E-state index in [0.29, 0.717) is 27.8 Å². The zero-order chi connectivity index (χ0) is 26.3. The van der Waals surface area contributed by atoms with Crippen molar-refractivity contribution in [2.24, 2.45) is 12.0 Å². The molecular formula is C25H21F6N3O2. The summed E-state index contributed by atoms with van der Waals surface area (Å²) in [5.74, 6) is -0.416. The Hall–Kier alpha value is -3.73. The number of benzene rings is 3. The fourth-order valence-corrected chi connectivity index (χ4v) is 4.02. The van der Waals surface area contributed by atoms with Gasteiger partial charge in [-0.3, -0.25) is 0 Å². The smallest absolute Gasteiger partial charge is 0.406 e. The Kier molecular flexibility index (Phi) is 6.61. The molecule has 0 saturated carbocycles. The molecule has 4 rings (SSSR count). The number of halogens is 6. The van der Waals surface area contributed by atoms with Crippen molar-refractivity contribution >= 4 is 16.7 Å². The number of aliphatic hydroxyl groups is 1. The van der Waals surface area contributed by atoms with Crippen molar-refractivity contribution in [2.45, 2.75) is 32.6 Å². The van der Waals surface area contributed by atoms with Gasteiger partial charge in [-0.25, -0.2) is 4.99 Å². The topological polar surface area (TPSA) is 51.7 Å². The maximum absolute atomic E-state index is 13.6. The predicted molar refractivity (Wildman–Crippen MR) is 120 cm³/mol. The van der Waals surface area contributed by atoms with Crippen LogP contribution in [0.15, 0.2) is 65.7 Å². The molecule has 0 saturated heterocycles. The van der Waals surface area contributed by atoms with Gasteiger partial charge in [-0.05, 0) is 60.0 Å². The molecule has 1 aromatic heterocycles. The van der Waals surface area contributed by atoms with Gasteiger partial charge in [0.2, 0.25) is 5.62 Å². The van der Waals surface area contributed by atoms with Crippen LogP contribution in [0.1, 0.15) is 22.3 Å². The second kappa shape index (κ2) is 9.38. The van der Waals surface area contributed by atoms with Crippen LogP contribution < -0.4 is 10.4 Å². The third-order valence-electron chi connectivity index (χ3n) is 5.62. The molecule has 0 unspecified atom stereocenters. The van der Waals surface area contributed by atoms with Crippen molar-refractivity contribution in [1.82, 2.24) is 9.13 Å². The van der Waals surface area contributed by atoms with Crippen molar-refractivity contribution in [3.05, 3.63) is 88.5 Å². The molecule has 0 aliphatic rings. The number of aromatic nitrogens is 2. The van der Waals surface area contributed by atoms with E-state index in [-0.39, 0.29) is 18.8 Å². The summed E-state index contributed by atoms with van der Waals surface area (Å²) < 4.78 is 85.4. The monoisotopic (exact) mass is 509 g/mol. The Morgan fingerprint density at radius 1 is 0.889 bits per heavy atom. The molecule has 0 radical (unpaired) electrons. The summed E-state index contributed by atoms with van der Waals surface area (Å²) >= 11 is 0. The van der Waals surface area contributed by atoms with Crippen molar-refractivity contribution in [3.63, 3.8) is 0 Å². The SMILES string of the molecule is Cc1cc(C(F)(F)F)cc2c1n(C)c(=Nc1ccc(OC(F)(F)F)cc1)n2Cc1ccc(CO)cc1. The number of aryl methyl sites for hydroxylation is 2. The molecular weight excluding hydrogens is 488 g/mol. The van der Waals surface area contributed by atoms with E-state index in [2.05, 4.69) is 9.73 Å².